The molecule has 1 aliphatic rings. The summed E-state index contributed by atoms with van der Waals surface area (Å²) in [6.45, 7) is -0.833. The van der Waals surface area contributed by atoms with Crippen molar-refractivity contribution < 1.29 is 18.3 Å². The summed E-state index contributed by atoms with van der Waals surface area (Å²) in [5.41, 5.74) is 5.80. The smallest absolute Gasteiger partial charge is 0.387 e. The Morgan fingerprint density at radius 2 is 2.00 bits per heavy atom. The van der Waals surface area contributed by atoms with E-state index in [4.69, 9.17) is 5.73 Å². The number of alkyl halides is 2. The normalized spacial score (nSPS) is 18.2. The van der Waals surface area contributed by atoms with E-state index < -0.39 is 18.1 Å². The molecule has 0 bridgehead atoms. The van der Waals surface area contributed by atoms with Crippen LogP contribution in [0.3, 0.4) is 0 Å². The van der Waals surface area contributed by atoms with Gasteiger partial charge in [-0.15, -0.1) is 0 Å². The van der Waals surface area contributed by atoms with Crippen molar-refractivity contribution in [1.29, 1.82) is 0 Å². The van der Waals surface area contributed by atoms with Crippen LogP contribution in [-0.4, -0.2) is 19.1 Å². The van der Waals surface area contributed by atoms with Gasteiger partial charge < -0.3 is 15.8 Å². The van der Waals surface area contributed by atoms with Crippen molar-refractivity contribution in [2.45, 2.75) is 45.3 Å². The number of ether oxygens (including phenoxy) is 1. The van der Waals surface area contributed by atoms with E-state index in [1.807, 2.05) is 0 Å². The van der Waals surface area contributed by atoms with Crippen molar-refractivity contribution in [3.63, 3.8) is 0 Å². The molecule has 0 heterocycles. The summed E-state index contributed by atoms with van der Waals surface area (Å²) in [6, 6.07) is 6.07. The molecular formula is C16H22F2N2O2. The van der Waals surface area contributed by atoms with Crippen LogP contribution in [0.5, 0.6) is 5.75 Å². The lowest BCUT2D eigenvalue weighted by Gasteiger charge is -2.28. The first-order chi connectivity index (χ1) is 10.5. The van der Waals surface area contributed by atoms with Crippen LogP contribution in [0.1, 0.15) is 44.2 Å². The number of halogens is 2. The van der Waals surface area contributed by atoms with Crippen molar-refractivity contribution in [2.75, 3.05) is 6.54 Å². The van der Waals surface area contributed by atoms with Crippen LogP contribution < -0.4 is 15.8 Å². The van der Waals surface area contributed by atoms with Crippen molar-refractivity contribution in [2.24, 2.45) is 11.1 Å². The molecule has 6 heteroatoms. The molecule has 122 valence electrons. The molecule has 1 fully saturated rings. The number of nitrogens with one attached hydrogen (secondary N) is 1. The number of para-hydroxylation sites is 1. The summed E-state index contributed by atoms with van der Waals surface area (Å²) in [6.07, 6.45) is 3.53. The maximum atomic E-state index is 12.5. The van der Waals surface area contributed by atoms with Crippen LogP contribution in [0.4, 0.5) is 8.78 Å². The molecule has 0 radical (unpaired) electrons. The molecule has 1 amide bonds. The summed E-state index contributed by atoms with van der Waals surface area (Å²) >= 11 is 0. The second kappa shape index (κ2) is 7.05. The van der Waals surface area contributed by atoms with Gasteiger partial charge in [0.15, 0.2) is 0 Å². The molecule has 1 unspecified atom stereocenters. The highest BCUT2D eigenvalue weighted by Gasteiger charge is 2.40. The average Bonchev–Trinajstić information content (AvgIpc) is 2.97. The Morgan fingerprint density at radius 1 is 1.36 bits per heavy atom. The summed E-state index contributed by atoms with van der Waals surface area (Å²) in [7, 11) is 0. The number of hydrogen-bond donors (Lipinski definition) is 2. The monoisotopic (exact) mass is 312 g/mol. The van der Waals surface area contributed by atoms with Crippen molar-refractivity contribution >= 4 is 5.91 Å². The van der Waals surface area contributed by atoms with E-state index in [1.165, 1.54) is 6.07 Å². The Labute approximate surface area is 129 Å². The minimum absolute atomic E-state index is 0.0820. The topological polar surface area (TPSA) is 64.4 Å². The number of nitrogens with two attached hydrogens (primary N) is 1. The SMILES string of the molecule is CC(NC(=O)C1(CN)CCCC1)c1ccccc1OC(F)F. The van der Waals surface area contributed by atoms with Crippen LogP contribution in [-0.2, 0) is 4.79 Å². The van der Waals surface area contributed by atoms with Crippen LogP contribution in [0, 0.1) is 5.41 Å². The van der Waals surface area contributed by atoms with Gasteiger partial charge in [0.1, 0.15) is 5.75 Å². The Balaban J connectivity index is 2.12. The second-order valence-corrected chi connectivity index (χ2v) is 5.80. The highest BCUT2D eigenvalue weighted by atomic mass is 19.3. The molecule has 2 rings (SSSR count). The molecule has 1 aliphatic carbocycles. The number of carbonyl (C=O) groups is 1. The van der Waals surface area contributed by atoms with Gasteiger partial charge >= 0.3 is 6.61 Å². The number of amides is 1. The van der Waals surface area contributed by atoms with Crippen molar-refractivity contribution in [1.82, 2.24) is 5.32 Å². The van der Waals surface area contributed by atoms with E-state index in [9.17, 15) is 13.6 Å². The molecule has 1 saturated carbocycles. The minimum Gasteiger partial charge on any atom is -0.434 e. The lowest BCUT2D eigenvalue weighted by Crippen LogP contribution is -2.45. The van der Waals surface area contributed by atoms with Crippen molar-refractivity contribution in [3.8, 4) is 5.75 Å². The largest absolute Gasteiger partial charge is 0.434 e. The molecule has 0 aliphatic heterocycles. The van der Waals surface area contributed by atoms with Gasteiger partial charge in [-0.25, -0.2) is 0 Å². The molecule has 1 aromatic rings. The predicted octanol–water partition coefficient (Wildman–Crippen LogP) is 2.98. The summed E-state index contributed by atoms with van der Waals surface area (Å²) < 4.78 is 29.4. The zero-order chi connectivity index (χ0) is 16.2. The Hall–Kier alpha value is -1.69. The minimum atomic E-state index is -2.89. The van der Waals surface area contributed by atoms with E-state index >= 15 is 0 Å². The molecular weight excluding hydrogens is 290 g/mol. The molecule has 22 heavy (non-hydrogen) atoms. The number of benzene rings is 1. The quantitative estimate of drug-likeness (QED) is 0.849. The van der Waals surface area contributed by atoms with Crippen LogP contribution in [0.25, 0.3) is 0 Å². The molecule has 1 aromatic carbocycles. The fourth-order valence-corrected chi connectivity index (χ4v) is 3.04. The predicted molar refractivity (Wildman–Crippen MR) is 79.6 cm³/mol. The third-order valence-electron chi connectivity index (χ3n) is 4.38. The second-order valence-electron chi connectivity index (χ2n) is 5.80. The first-order valence-corrected chi connectivity index (χ1v) is 7.53. The third-order valence-corrected chi connectivity index (χ3v) is 4.38. The number of carbonyl (C=O) groups excluding carboxylic acids is 1. The Kier molecular flexibility index (Phi) is 5.34. The number of hydrogen-bond acceptors (Lipinski definition) is 3. The fourth-order valence-electron chi connectivity index (χ4n) is 3.04. The first kappa shape index (κ1) is 16.7. The van der Waals surface area contributed by atoms with Crippen LogP contribution >= 0.6 is 0 Å². The molecule has 4 nitrogen and oxygen atoms in total. The Morgan fingerprint density at radius 3 is 2.59 bits per heavy atom. The standard InChI is InChI=1S/C16H22F2N2O2/c1-11(12-6-2-3-7-13(12)22-15(17)18)20-14(21)16(10-19)8-4-5-9-16/h2-3,6-7,11,15H,4-5,8-10,19H2,1H3,(H,20,21). The van der Waals surface area contributed by atoms with Gasteiger partial charge in [-0.2, -0.15) is 8.78 Å². The van der Waals surface area contributed by atoms with E-state index in [1.54, 1.807) is 25.1 Å². The van der Waals surface area contributed by atoms with E-state index in [2.05, 4.69) is 10.1 Å². The van der Waals surface area contributed by atoms with Gasteiger partial charge in [0.25, 0.3) is 0 Å². The summed E-state index contributed by atoms with van der Waals surface area (Å²) in [4.78, 5) is 12.5. The highest BCUT2D eigenvalue weighted by Crippen LogP contribution is 2.38. The van der Waals surface area contributed by atoms with Gasteiger partial charge in [0.2, 0.25) is 5.91 Å². The zero-order valence-electron chi connectivity index (χ0n) is 12.6. The van der Waals surface area contributed by atoms with E-state index in [0.29, 0.717) is 12.1 Å². The van der Waals surface area contributed by atoms with Gasteiger partial charge in [-0.05, 0) is 25.8 Å². The van der Waals surface area contributed by atoms with Crippen molar-refractivity contribution in [3.05, 3.63) is 29.8 Å². The molecule has 0 aromatic heterocycles. The fraction of sp³-hybridized carbons (Fsp3) is 0.562. The first-order valence-electron chi connectivity index (χ1n) is 7.53. The molecule has 1 atom stereocenters. The highest BCUT2D eigenvalue weighted by molar-refractivity contribution is 5.83. The van der Waals surface area contributed by atoms with Gasteiger partial charge in [-0.1, -0.05) is 31.0 Å². The van der Waals surface area contributed by atoms with Gasteiger partial charge in [0, 0.05) is 12.1 Å². The van der Waals surface area contributed by atoms with Gasteiger partial charge in [-0.3, -0.25) is 4.79 Å². The molecule has 3 N–H and O–H groups in total. The lowest BCUT2D eigenvalue weighted by atomic mass is 9.85. The third kappa shape index (κ3) is 3.55. The van der Waals surface area contributed by atoms with Crippen LogP contribution in [0.15, 0.2) is 24.3 Å². The van der Waals surface area contributed by atoms with Gasteiger partial charge in [0.05, 0.1) is 11.5 Å². The average molecular weight is 312 g/mol. The zero-order valence-corrected chi connectivity index (χ0v) is 12.6. The summed E-state index contributed by atoms with van der Waals surface area (Å²) in [5.74, 6) is -0.0228. The summed E-state index contributed by atoms with van der Waals surface area (Å²) in [5, 5.41) is 2.90. The number of rotatable bonds is 6. The Bertz CT molecular complexity index is 517. The molecule has 0 saturated heterocycles. The van der Waals surface area contributed by atoms with E-state index in [0.717, 1.165) is 25.7 Å². The van der Waals surface area contributed by atoms with E-state index in [-0.39, 0.29) is 11.7 Å². The van der Waals surface area contributed by atoms with Crippen LogP contribution in [0.2, 0.25) is 0 Å². The molecule has 0 spiro atoms. The lowest BCUT2D eigenvalue weighted by molar-refractivity contribution is -0.131. The maximum absolute atomic E-state index is 12.5. The maximum Gasteiger partial charge on any atom is 0.387 e.